The predicted octanol–water partition coefficient (Wildman–Crippen LogP) is 3.75. The van der Waals surface area contributed by atoms with Gasteiger partial charge in [-0.25, -0.2) is 4.68 Å². The van der Waals surface area contributed by atoms with Gasteiger partial charge in [0.1, 0.15) is 0 Å². The maximum atomic E-state index is 6.08. The number of nitrogens with zero attached hydrogens (tertiary/aromatic N) is 3. The van der Waals surface area contributed by atoms with Gasteiger partial charge in [-0.05, 0) is 31.0 Å². The topological polar surface area (TPSA) is 30.7 Å². The molecule has 3 nitrogen and oxygen atoms in total. The highest BCUT2D eigenvalue weighted by atomic mass is 35.5. The van der Waals surface area contributed by atoms with Gasteiger partial charge in [-0.15, -0.1) is 16.7 Å². The standard InChI is InChI=1S/C11H10Cl3N3/c12-5-1-2-9-7-17(16-15-9)11-4-3-8(13)6-10(11)14/h3-4,6-7H,1-2,5H2. The van der Waals surface area contributed by atoms with Crippen LogP contribution in [0.3, 0.4) is 0 Å². The number of hydrogen-bond donors (Lipinski definition) is 0. The first-order chi connectivity index (χ1) is 8.20. The molecule has 1 heterocycles. The van der Waals surface area contributed by atoms with Gasteiger partial charge >= 0.3 is 0 Å². The summed E-state index contributed by atoms with van der Waals surface area (Å²) >= 11 is 17.5. The lowest BCUT2D eigenvalue weighted by Gasteiger charge is -2.02. The minimum absolute atomic E-state index is 0.547. The van der Waals surface area contributed by atoms with E-state index in [9.17, 15) is 0 Å². The van der Waals surface area contributed by atoms with Crippen molar-refractivity contribution in [2.24, 2.45) is 0 Å². The first kappa shape index (κ1) is 12.7. The molecule has 0 atom stereocenters. The highest BCUT2D eigenvalue weighted by Gasteiger charge is 2.06. The summed E-state index contributed by atoms with van der Waals surface area (Å²) in [5.41, 5.74) is 1.66. The molecular weight excluding hydrogens is 281 g/mol. The number of aryl methyl sites for hydroxylation is 1. The van der Waals surface area contributed by atoms with Crippen LogP contribution in [0, 0.1) is 0 Å². The van der Waals surface area contributed by atoms with Gasteiger partial charge in [0, 0.05) is 10.9 Å². The van der Waals surface area contributed by atoms with E-state index in [-0.39, 0.29) is 0 Å². The number of aromatic nitrogens is 3. The molecule has 1 aromatic carbocycles. The Morgan fingerprint density at radius 3 is 2.76 bits per heavy atom. The Hall–Kier alpha value is -0.770. The molecule has 0 aliphatic carbocycles. The van der Waals surface area contributed by atoms with Crippen LogP contribution in [0.4, 0.5) is 0 Å². The van der Waals surface area contributed by atoms with Crippen molar-refractivity contribution in [2.45, 2.75) is 12.8 Å². The second-order valence-electron chi connectivity index (χ2n) is 3.54. The van der Waals surface area contributed by atoms with Gasteiger partial charge in [-0.3, -0.25) is 0 Å². The first-order valence-electron chi connectivity index (χ1n) is 5.13. The Labute approximate surface area is 114 Å². The summed E-state index contributed by atoms with van der Waals surface area (Å²) in [4.78, 5) is 0. The first-order valence-corrected chi connectivity index (χ1v) is 6.42. The van der Waals surface area contributed by atoms with Crippen LogP contribution in [-0.4, -0.2) is 20.9 Å². The van der Waals surface area contributed by atoms with E-state index < -0.39 is 0 Å². The van der Waals surface area contributed by atoms with E-state index in [2.05, 4.69) is 10.3 Å². The summed E-state index contributed by atoms with van der Waals surface area (Å²) in [5.74, 6) is 0.620. The van der Waals surface area contributed by atoms with E-state index >= 15 is 0 Å². The summed E-state index contributed by atoms with van der Waals surface area (Å²) in [7, 11) is 0. The largest absolute Gasteiger partial charge is 0.219 e. The lowest BCUT2D eigenvalue weighted by atomic mass is 10.3. The molecule has 2 rings (SSSR count). The van der Waals surface area contributed by atoms with Gasteiger partial charge in [0.25, 0.3) is 0 Å². The third-order valence-corrected chi connectivity index (χ3v) is 3.07. The monoisotopic (exact) mass is 289 g/mol. The molecule has 0 saturated heterocycles. The Kier molecular flexibility index (Phi) is 4.26. The van der Waals surface area contributed by atoms with Gasteiger partial charge in [0.05, 0.1) is 22.6 Å². The van der Waals surface area contributed by atoms with E-state index in [1.807, 2.05) is 12.3 Å². The van der Waals surface area contributed by atoms with Crippen LogP contribution >= 0.6 is 34.8 Å². The van der Waals surface area contributed by atoms with E-state index in [0.717, 1.165) is 24.2 Å². The zero-order chi connectivity index (χ0) is 12.3. The average molecular weight is 291 g/mol. The fourth-order valence-electron chi connectivity index (χ4n) is 1.45. The maximum Gasteiger partial charge on any atom is 0.0850 e. The Morgan fingerprint density at radius 2 is 2.06 bits per heavy atom. The van der Waals surface area contributed by atoms with Crippen LogP contribution in [0.5, 0.6) is 0 Å². The van der Waals surface area contributed by atoms with Crippen LogP contribution in [0.1, 0.15) is 12.1 Å². The molecule has 2 aromatic rings. The number of alkyl halides is 1. The summed E-state index contributed by atoms with van der Waals surface area (Å²) in [5, 5.41) is 9.23. The van der Waals surface area contributed by atoms with E-state index in [1.165, 1.54) is 0 Å². The summed E-state index contributed by atoms with van der Waals surface area (Å²) in [6, 6.07) is 5.26. The summed E-state index contributed by atoms with van der Waals surface area (Å²) in [6.07, 6.45) is 3.55. The second kappa shape index (κ2) is 5.71. The second-order valence-corrected chi connectivity index (χ2v) is 4.76. The Balaban J connectivity index is 2.24. The number of rotatable bonds is 4. The van der Waals surface area contributed by atoms with Gasteiger partial charge < -0.3 is 0 Å². The van der Waals surface area contributed by atoms with Crippen molar-refractivity contribution in [1.82, 2.24) is 15.0 Å². The molecule has 90 valence electrons. The molecule has 0 bridgehead atoms. The van der Waals surface area contributed by atoms with Gasteiger partial charge in [-0.2, -0.15) is 0 Å². The number of halogens is 3. The molecule has 0 saturated carbocycles. The predicted molar refractivity (Wildman–Crippen MR) is 70.4 cm³/mol. The third kappa shape index (κ3) is 3.12. The van der Waals surface area contributed by atoms with Crippen LogP contribution < -0.4 is 0 Å². The Morgan fingerprint density at radius 1 is 1.24 bits per heavy atom. The van der Waals surface area contributed by atoms with Gasteiger partial charge in [-0.1, -0.05) is 28.4 Å². The van der Waals surface area contributed by atoms with Crippen LogP contribution in [-0.2, 0) is 6.42 Å². The van der Waals surface area contributed by atoms with Gasteiger partial charge in [0.2, 0.25) is 0 Å². The zero-order valence-electron chi connectivity index (χ0n) is 8.91. The molecule has 0 aliphatic heterocycles. The molecule has 1 aromatic heterocycles. The minimum Gasteiger partial charge on any atom is -0.219 e. The molecule has 0 fully saturated rings. The van der Waals surface area contributed by atoms with Crippen molar-refractivity contribution in [1.29, 1.82) is 0 Å². The van der Waals surface area contributed by atoms with E-state index in [0.29, 0.717) is 15.9 Å². The van der Waals surface area contributed by atoms with Crippen molar-refractivity contribution in [2.75, 3.05) is 5.88 Å². The summed E-state index contributed by atoms with van der Waals surface area (Å²) < 4.78 is 1.64. The van der Waals surface area contributed by atoms with Crippen molar-refractivity contribution in [3.63, 3.8) is 0 Å². The molecule has 0 amide bonds. The SMILES string of the molecule is ClCCCc1cn(-c2ccc(Cl)cc2Cl)nn1. The highest BCUT2D eigenvalue weighted by Crippen LogP contribution is 2.23. The van der Waals surface area contributed by atoms with E-state index in [1.54, 1.807) is 16.8 Å². The van der Waals surface area contributed by atoms with Crippen molar-refractivity contribution in [3.05, 3.63) is 40.1 Å². The molecule has 6 heteroatoms. The Bertz CT molecular complexity index is 510. The van der Waals surface area contributed by atoms with Crippen molar-refractivity contribution >= 4 is 34.8 Å². The molecule has 0 aliphatic rings. The zero-order valence-corrected chi connectivity index (χ0v) is 11.2. The fourth-order valence-corrected chi connectivity index (χ4v) is 2.07. The molecule has 0 unspecified atom stereocenters. The quantitative estimate of drug-likeness (QED) is 0.803. The smallest absolute Gasteiger partial charge is 0.0850 e. The minimum atomic E-state index is 0.547. The summed E-state index contributed by atoms with van der Waals surface area (Å²) in [6.45, 7) is 0. The molecule has 17 heavy (non-hydrogen) atoms. The lowest BCUT2D eigenvalue weighted by Crippen LogP contribution is -1.95. The van der Waals surface area contributed by atoms with Crippen molar-refractivity contribution < 1.29 is 0 Å². The van der Waals surface area contributed by atoms with E-state index in [4.69, 9.17) is 34.8 Å². The number of benzene rings is 1. The van der Waals surface area contributed by atoms with Crippen molar-refractivity contribution in [3.8, 4) is 5.69 Å². The highest BCUT2D eigenvalue weighted by molar-refractivity contribution is 6.35. The third-order valence-electron chi connectivity index (χ3n) is 2.26. The lowest BCUT2D eigenvalue weighted by molar-refractivity contribution is 0.792. The number of hydrogen-bond acceptors (Lipinski definition) is 2. The average Bonchev–Trinajstić information content (AvgIpc) is 2.75. The molecule has 0 spiro atoms. The van der Waals surface area contributed by atoms with Crippen LogP contribution in [0.15, 0.2) is 24.4 Å². The normalized spacial score (nSPS) is 10.8. The maximum absolute atomic E-state index is 6.08. The molecule has 0 N–H and O–H groups in total. The fraction of sp³-hybridized carbons (Fsp3) is 0.273. The molecule has 0 radical (unpaired) electrons. The van der Waals surface area contributed by atoms with Crippen LogP contribution in [0.2, 0.25) is 10.0 Å². The van der Waals surface area contributed by atoms with Gasteiger partial charge in [0.15, 0.2) is 0 Å². The molecular formula is C11H10Cl3N3. The van der Waals surface area contributed by atoms with Crippen LogP contribution in [0.25, 0.3) is 5.69 Å².